The molecule has 0 heterocycles. The van der Waals surface area contributed by atoms with E-state index in [4.69, 9.17) is 4.74 Å². The maximum absolute atomic E-state index is 11.3. The van der Waals surface area contributed by atoms with Gasteiger partial charge in [-0.3, -0.25) is 25.0 Å². The minimum Gasteiger partial charge on any atom is -0.465 e. The van der Waals surface area contributed by atoms with Crippen LogP contribution in [0.15, 0.2) is 0 Å². The number of carbonyl (C=O) groups excluding carboxylic acids is 1. The lowest BCUT2D eigenvalue weighted by Gasteiger charge is -2.18. The normalized spacial score (nSPS) is 12.0. The van der Waals surface area contributed by atoms with Gasteiger partial charge in [-0.15, -0.1) is 0 Å². The fraction of sp³-hybridized carbons (Fsp3) is 0.900. The lowest BCUT2D eigenvalue weighted by atomic mass is 9.99. The first-order valence-electron chi connectivity index (χ1n) is 5.44. The van der Waals surface area contributed by atoms with Gasteiger partial charge in [0.15, 0.2) is 0 Å². The van der Waals surface area contributed by atoms with Crippen LogP contribution >= 0.6 is 0 Å². The van der Waals surface area contributed by atoms with E-state index in [0.717, 1.165) is 6.92 Å². The van der Waals surface area contributed by atoms with E-state index in [1.807, 2.05) is 20.8 Å². The molecular weight excluding hydrogens is 244 g/mol. The molecule has 0 spiro atoms. The molecule has 0 saturated heterocycles. The fourth-order valence-electron chi connectivity index (χ4n) is 0.957. The second kappa shape index (κ2) is 5.74. The first-order chi connectivity index (χ1) is 7.99. The number of rotatable bonds is 6. The van der Waals surface area contributed by atoms with Crippen LogP contribution in [-0.4, -0.2) is 28.1 Å². The maximum Gasteiger partial charge on any atom is 0.456 e. The van der Waals surface area contributed by atoms with Crippen molar-refractivity contribution in [3.63, 3.8) is 0 Å². The van der Waals surface area contributed by atoms with Gasteiger partial charge in [0.2, 0.25) is 0 Å². The Morgan fingerprint density at radius 2 is 1.56 bits per heavy atom. The molecule has 0 aromatic carbocycles. The summed E-state index contributed by atoms with van der Waals surface area (Å²) < 4.78 is 4.88. The average Bonchev–Trinajstić information content (AvgIpc) is 2.21. The molecule has 0 bridgehead atoms. The Morgan fingerprint density at radius 3 is 1.89 bits per heavy atom. The van der Waals surface area contributed by atoms with Crippen LogP contribution in [0.2, 0.25) is 0 Å². The average molecular weight is 262 g/mol. The number of hydrogen-bond acceptors (Lipinski definition) is 6. The second-order valence-corrected chi connectivity index (χ2v) is 5.45. The molecule has 104 valence electrons. The molecule has 0 atom stereocenters. The van der Waals surface area contributed by atoms with Crippen molar-refractivity contribution in [3.05, 3.63) is 20.2 Å². The number of carbonyl (C=O) groups is 1. The quantitative estimate of drug-likeness (QED) is 0.311. The Labute approximate surface area is 105 Å². The fourth-order valence-corrected chi connectivity index (χ4v) is 0.957. The van der Waals surface area contributed by atoms with Gasteiger partial charge in [-0.2, -0.15) is 0 Å². The van der Waals surface area contributed by atoms with Crippen molar-refractivity contribution in [2.24, 2.45) is 5.41 Å². The van der Waals surface area contributed by atoms with Crippen LogP contribution in [0, 0.1) is 25.6 Å². The van der Waals surface area contributed by atoms with E-state index in [1.165, 1.54) is 0 Å². The highest BCUT2D eigenvalue weighted by Crippen LogP contribution is 2.19. The molecule has 0 aliphatic carbocycles. The third kappa shape index (κ3) is 5.07. The van der Waals surface area contributed by atoms with Gasteiger partial charge < -0.3 is 4.74 Å². The summed E-state index contributed by atoms with van der Waals surface area (Å²) in [4.78, 5) is 30.5. The summed E-state index contributed by atoms with van der Waals surface area (Å²) in [7, 11) is 0. The predicted molar refractivity (Wildman–Crippen MR) is 62.0 cm³/mol. The summed E-state index contributed by atoms with van der Waals surface area (Å²) in [5, 5.41) is 21.2. The van der Waals surface area contributed by atoms with Crippen LogP contribution in [0.1, 0.15) is 40.5 Å². The molecule has 0 unspecified atom stereocenters. The molecule has 0 fully saturated rings. The van der Waals surface area contributed by atoms with E-state index in [-0.39, 0.29) is 18.4 Å². The lowest BCUT2D eigenvalue weighted by Crippen LogP contribution is -2.43. The third-order valence-electron chi connectivity index (χ3n) is 2.26. The van der Waals surface area contributed by atoms with Gasteiger partial charge in [-0.25, -0.2) is 0 Å². The van der Waals surface area contributed by atoms with Crippen LogP contribution in [0.25, 0.3) is 0 Å². The van der Waals surface area contributed by atoms with Crippen molar-refractivity contribution in [2.75, 3.05) is 6.61 Å². The Bertz CT molecular complexity index is 333. The van der Waals surface area contributed by atoms with Crippen LogP contribution < -0.4 is 0 Å². The van der Waals surface area contributed by atoms with Gasteiger partial charge in [-0.05, 0) is 5.41 Å². The van der Waals surface area contributed by atoms with Gasteiger partial charge in [0.25, 0.3) is 0 Å². The van der Waals surface area contributed by atoms with Gasteiger partial charge >= 0.3 is 11.6 Å². The highest BCUT2D eigenvalue weighted by molar-refractivity contribution is 5.69. The Kier molecular flexibility index (Phi) is 5.19. The molecule has 0 radical (unpaired) electrons. The zero-order valence-electron chi connectivity index (χ0n) is 11.0. The first kappa shape index (κ1) is 16.3. The molecule has 18 heavy (non-hydrogen) atoms. The zero-order chi connectivity index (χ0) is 14.6. The molecule has 0 aliphatic rings. The highest BCUT2D eigenvalue weighted by Gasteiger charge is 2.50. The van der Waals surface area contributed by atoms with E-state index < -0.39 is 27.9 Å². The van der Waals surface area contributed by atoms with E-state index in [0.29, 0.717) is 0 Å². The SMILES string of the molecule is CC(C)(C)COC(=O)CCC(C)([N+](=O)[O-])[N+](=O)[O-]. The molecule has 0 aliphatic heterocycles. The molecule has 0 N–H and O–H groups in total. The standard InChI is InChI=1S/C10H18N2O6/c1-9(2,3)7-18-8(13)5-6-10(4,11(14)15)12(16)17/h5-7H2,1-4H3. The van der Waals surface area contributed by atoms with Crippen molar-refractivity contribution >= 4 is 5.97 Å². The van der Waals surface area contributed by atoms with E-state index in [2.05, 4.69) is 0 Å². The Balaban J connectivity index is 4.35. The minimum absolute atomic E-state index is 0.166. The predicted octanol–water partition coefficient (Wildman–Crippen LogP) is 1.63. The number of ether oxygens (including phenoxy) is 1. The van der Waals surface area contributed by atoms with Crippen molar-refractivity contribution in [2.45, 2.75) is 46.2 Å². The van der Waals surface area contributed by atoms with Crippen molar-refractivity contribution in [1.82, 2.24) is 0 Å². The van der Waals surface area contributed by atoms with Crippen molar-refractivity contribution < 1.29 is 19.4 Å². The number of nitrogens with zero attached hydrogens (tertiary/aromatic N) is 2. The maximum atomic E-state index is 11.3. The molecule has 0 aromatic heterocycles. The summed E-state index contributed by atoms with van der Waals surface area (Å²) in [6.45, 7) is 6.62. The summed E-state index contributed by atoms with van der Waals surface area (Å²) in [5.41, 5.74) is -2.56. The van der Waals surface area contributed by atoms with E-state index >= 15 is 0 Å². The lowest BCUT2D eigenvalue weighted by molar-refractivity contribution is -0.792. The van der Waals surface area contributed by atoms with Crippen molar-refractivity contribution in [1.29, 1.82) is 0 Å². The van der Waals surface area contributed by atoms with Gasteiger partial charge in [0.05, 0.1) is 36.2 Å². The molecule has 0 saturated carbocycles. The minimum atomic E-state index is -2.35. The van der Waals surface area contributed by atoms with Gasteiger partial charge in [0.1, 0.15) is 0 Å². The summed E-state index contributed by atoms with van der Waals surface area (Å²) >= 11 is 0. The summed E-state index contributed by atoms with van der Waals surface area (Å²) in [6, 6.07) is 0. The van der Waals surface area contributed by atoms with Gasteiger partial charge in [0, 0.05) is 0 Å². The Hall–Kier alpha value is -1.73. The first-order valence-corrected chi connectivity index (χ1v) is 5.44. The van der Waals surface area contributed by atoms with Crippen LogP contribution in [0.5, 0.6) is 0 Å². The van der Waals surface area contributed by atoms with Crippen LogP contribution in [-0.2, 0) is 9.53 Å². The largest absolute Gasteiger partial charge is 0.465 e. The third-order valence-corrected chi connectivity index (χ3v) is 2.26. The monoisotopic (exact) mass is 262 g/mol. The molecule has 0 amide bonds. The topological polar surface area (TPSA) is 113 Å². The smallest absolute Gasteiger partial charge is 0.456 e. The molecule has 8 heteroatoms. The van der Waals surface area contributed by atoms with Crippen LogP contribution in [0.3, 0.4) is 0 Å². The summed E-state index contributed by atoms with van der Waals surface area (Å²) in [6.07, 6.45) is -0.843. The number of esters is 1. The molecular formula is C10H18N2O6. The van der Waals surface area contributed by atoms with Crippen LogP contribution in [0.4, 0.5) is 0 Å². The zero-order valence-corrected chi connectivity index (χ0v) is 11.0. The van der Waals surface area contributed by atoms with Crippen molar-refractivity contribution in [3.8, 4) is 0 Å². The van der Waals surface area contributed by atoms with E-state index in [9.17, 15) is 25.0 Å². The Morgan fingerprint density at radius 1 is 1.11 bits per heavy atom. The second-order valence-electron chi connectivity index (χ2n) is 5.45. The molecule has 8 nitrogen and oxygen atoms in total. The summed E-state index contributed by atoms with van der Waals surface area (Å²) in [5.74, 6) is -0.667. The molecule has 0 aromatic rings. The number of hydrogen-bond donors (Lipinski definition) is 0. The number of nitro groups is 2. The highest BCUT2D eigenvalue weighted by atomic mass is 16.7. The van der Waals surface area contributed by atoms with Gasteiger partial charge in [-0.1, -0.05) is 20.8 Å². The molecule has 0 rings (SSSR count). The van der Waals surface area contributed by atoms with E-state index in [1.54, 1.807) is 0 Å².